The predicted molar refractivity (Wildman–Crippen MR) is 71.6 cm³/mol. The van der Waals surface area contributed by atoms with Gasteiger partial charge in [-0.2, -0.15) is 0 Å². The van der Waals surface area contributed by atoms with E-state index in [1.165, 1.54) is 6.08 Å². The molecule has 5 heteroatoms. The normalized spacial score (nSPS) is 13.9. The predicted octanol–water partition coefficient (Wildman–Crippen LogP) is 2.02. The molecule has 0 heterocycles. The molecule has 108 valence electrons. The smallest absolute Gasteiger partial charge is 0.333 e. The minimum absolute atomic E-state index is 0.157. The largest absolute Gasteiger partial charge is 0.460 e. The number of carbonyl (C=O) groups excluding carboxylic acids is 2. The van der Waals surface area contributed by atoms with Gasteiger partial charge < -0.3 is 14.2 Å². The second kappa shape index (κ2) is 9.33. The SMILES string of the molecule is C=C(C)C(=O)OC(C)COC(C)COC(=O)C=CC. The third kappa shape index (κ3) is 9.02. The molecule has 2 unspecified atom stereocenters. The maximum absolute atomic E-state index is 11.2. The average Bonchev–Trinajstić information content (AvgIpc) is 2.34. The minimum atomic E-state index is -0.441. The fourth-order valence-corrected chi connectivity index (χ4v) is 1.05. The number of hydrogen-bond donors (Lipinski definition) is 0. The van der Waals surface area contributed by atoms with Crippen LogP contribution < -0.4 is 0 Å². The third-order valence-electron chi connectivity index (χ3n) is 2.04. The van der Waals surface area contributed by atoms with Gasteiger partial charge in [0.2, 0.25) is 0 Å². The summed E-state index contributed by atoms with van der Waals surface area (Å²) in [4.78, 5) is 22.3. The quantitative estimate of drug-likeness (QED) is 0.499. The highest BCUT2D eigenvalue weighted by Gasteiger charge is 2.12. The van der Waals surface area contributed by atoms with Crippen molar-refractivity contribution in [2.75, 3.05) is 13.2 Å². The van der Waals surface area contributed by atoms with Gasteiger partial charge >= 0.3 is 11.9 Å². The number of rotatable bonds is 8. The molecule has 0 aliphatic rings. The van der Waals surface area contributed by atoms with Crippen molar-refractivity contribution >= 4 is 11.9 Å². The lowest BCUT2D eigenvalue weighted by molar-refractivity contribution is -0.149. The Bertz CT molecular complexity index is 346. The molecule has 0 saturated heterocycles. The Morgan fingerprint density at radius 1 is 1.21 bits per heavy atom. The summed E-state index contributed by atoms with van der Waals surface area (Å²) in [7, 11) is 0. The first-order valence-electron chi connectivity index (χ1n) is 6.14. The Balaban J connectivity index is 3.83. The number of carbonyl (C=O) groups is 2. The maximum atomic E-state index is 11.2. The van der Waals surface area contributed by atoms with Gasteiger partial charge in [-0.05, 0) is 27.7 Å². The Morgan fingerprint density at radius 3 is 2.37 bits per heavy atom. The monoisotopic (exact) mass is 270 g/mol. The highest BCUT2D eigenvalue weighted by atomic mass is 16.6. The summed E-state index contributed by atoms with van der Waals surface area (Å²) < 4.78 is 15.4. The van der Waals surface area contributed by atoms with Crippen LogP contribution in [0.25, 0.3) is 0 Å². The van der Waals surface area contributed by atoms with Crippen molar-refractivity contribution in [2.45, 2.75) is 39.9 Å². The van der Waals surface area contributed by atoms with E-state index in [4.69, 9.17) is 14.2 Å². The molecule has 0 N–H and O–H groups in total. The molecule has 0 aliphatic heterocycles. The average molecular weight is 270 g/mol. The summed E-state index contributed by atoms with van der Waals surface area (Å²) in [5.74, 6) is -0.844. The van der Waals surface area contributed by atoms with Crippen molar-refractivity contribution in [2.24, 2.45) is 0 Å². The molecule has 0 amide bonds. The van der Waals surface area contributed by atoms with Gasteiger partial charge in [0.1, 0.15) is 12.7 Å². The van der Waals surface area contributed by atoms with E-state index < -0.39 is 11.9 Å². The summed E-state index contributed by atoms with van der Waals surface area (Å²) in [6.45, 7) is 10.7. The number of allylic oxidation sites excluding steroid dienone is 1. The molecule has 0 aromatic rings. The maximum Gasteiger partial charge on any atom is 0.333 e. The molecule has 2 atom stereocenters. The van der Waals surface area contributed by atoms with Crippen LogP contribution in [0, 0.1) is 0 Å². The Hall–Kier alpha value is -1.62. The highest BCUT2D eigenvalue weighted by Crippen LogP contribution is 2.01. The first-order chi connectivity index (χ1) is 8.86. The van der Waals surface area contributed by atoms with E-state index in [0.717, 1.165) is 0 Å². The van der Waals surface area contributed by atoms with Crippen molar-refractivity contribution in [3.05, 3.63) is 24.3 Å². The zero-order chi connectivity index (χ0) is 14.8. The minimum Gasteiger partial charge on any atom is -0.460 e. The molecule has 19 heavy (non-hydrogen) atoms. The molecular formula is C14H22O5. The van der Waals surface area contributed by atoms with Crippen LogP contribution in [0.5, 0.6) is 0 Å². The van der Waals surface area contributed by atoms with E-state index in [2.05, 4.69) is 6.58 Å². The van der Waals surface area contributed by atoms with Gasteiger partial charge in [0.05, 0.1) is 12.7 Å². The Labute approximate surface area is 114 Å². The summed E-state index contributed by atoms with van der Waals surface area (Å²) >= 11 is 0. The summed E-state index contributed by atoms with van der Waals surface area (Å²) in [6, 6.07) is 0. The molecule has 0 bridgehead atoms. The zero-order valence-electron chi connectivity index (χ0n) is 12.0. The molecular weight excluding hydrogens is 248 g/mol. The van der Waals surface area contributed by atoms with E-state index in [1.54, 1.807) is 33.8 Å². The van der Waals surface area contributed by atoms with Crippen LogP contribution in [-0.2, 0) is 23.8 Å². The Kier molecular flexibility index (Phi) is 8.53. The molecule has 0 fully saturated rings. The van der Waals surface area contributed by atoms with E-state index >= 15 is 0 Å². The molecule has 0 rings (SSSR count). The first kappa shape index (κ1) is 17.4. The molecule has 0 spiro atoms. The summed E-state index contributed by atoms with van der Waals surface area (Å²) in [6.07, 6.45) is 2.30. The van der Waals surface area contributed by atoms with Gasteiger partial charge in [0, 0.05) is 11.6 Å². The van der Waals surface area contributed by atoms with Gasteiger partial charge in [-0.1, -0.05) is 12.7 Å². The second-order valence-corrected chi connectivity index (χ2v) is 4.27. The van der Waals surface area contributed by atoms with Crippen LogP contribution in [0.1, 0.15) is 27.7 Å². The van der Waals surface area contributed by atoms with Crippen LogP contribution in [0.3, 0.4) is 0 Å². The van der Waals surface area contributed by atoms with Gasteiger partial charge in [-0.15, -0.1) is 0 Å². The van der Waals surface area contributed by atoms with Crippen LogP contribution in [0.4, 0.5) is 0 Å². The first-order valence-corrected chi connectivity index (χ1v) is 6.14. The molecule has 0 aliphatic carbocycles. The third-order valence-corrected chi connectivity index (χ3v) is 2.04. The molecule has 0 aromatic heterocycles. The van der Waals surface area contributed by atoms with Crippen LogP contribution in [-0.4, -0.2) is 37.4 Å². The van der Waals surface area contributed by atoms with E-state index in [9.17, 15) is 9.59 Å². The van der Waals surface area contributed by atoms with Crippen LogP contribution in [0.2, 0.25) is 0 Å². The number of esters is 2. The fraction of sp³-hybridized carbons (Fsp3) is 0.571. The van der Waals surface area contributed by atoms with Gasteiger partial charge in [-0.25, -0.2) is 9.59 Å². The van der Waals surface area contributed by atoms with Crippen molar-refractivity contribution in [3.8, 4) is 0 Å². The van der Waals surface area contributed by atoms with Crippen molar-refractivity contribution in [3.63, 3.8) is 0 Å². The molecule has 0 radical (unpaired) electrons. The lowest BCUT2D eigenvalue weighted by Gasteiger charge is -2.17. The topological polar surface area (TPSA) is 61.8 Å². The molecule has 0 saturated carbocycles. The van der Waals surface area contributed by atoms with E-state index in [1.807, 2.05) is 0 Å². The summed E-state index contributed by atoms with van der Waals surface area (Å²) in [5, 5.41) is 0. The van der Waals surface area contributed by atoms with Gasteiger partial charge in [0.25, 0.3) is 0 Å². The van der Waals surface area contributed by atoms with E-state index in [0.29, 0.717) is 5.57 Å². The van der Waals surface area contributed by atoms with E-state index in [-0.39, 0.29) is 25.4 Å². The Morgan fingerprint density at radius 2 is 1.84 bits per heavy atom. The zero-order valence-corrected chi connectivity index (χ0v) is 12.0. The van der Waals surface area contributed by atoms with Crippen LogP contribution in [0.15, 0.2) is 24.3 Å². The van der Waals surface area contributed by atoms with Crippen molar-refractivity contribution in [1.82, 2.24) is 0 Å². The van der Waals surface area contributed by atoms with Crippen molar-refractivity contribution < 1.29 is 23.8 Å². The fourth-order valence-electron chi connectivity index (χ4n) is 1.05. The second-order valence-electron chi connectivity index (χ2n) is 4.27. The number of hydrogen-bond acceptors (Lipinski definition) is 5. The lowest BCUT2D eigenvalue weighted by Crippen LogP contribution is -2.26. The van der Waals surface area contributed by atoms with Crippen LogP contribution >= 0.6 is 0 Å². The molecule has 0 aromatic carbocycles. The highest BCUT2D eigenvalue weighted by molar-refractivity contribution is 5.87. The van der Waals surface area contributed by atoms with Gasteiger partial charge in [-0.3, -0.25) is 0 Å². The summed E-state index contributed by atoms with van der Waals surface area (Å²) in [5.41, 5.74) is 0.347. The standard InChI is InChI=1S/C14H22O5/c1-6-7-13(15)18-8-11(4)17-9-12(5)19-14(16)10(2)3/h6-7,11-12H,2,8-9H2,1,3-5H3. The number of ether oxygens (including phenoxy) is 3. The van der Waals surface area contributed by atoms with Gasteiger partial charge in [0.15, 0.2) is 0 Å². The molecule has 5 nitrogen and oxygen atoms in total. The lowest BCUT2D eigenvalue weighted by atomic mass is 10.3. The van der Waals surface area contributed by atoms with Crippen molar-refractivity contribution in [1.29, 1.82) is 0 Å².